The van der Waals surface area contributed by atoms with Crippen molar-refractivity contribution in [3.8, 4) is 0 Å². The molecule has 1 rings (SSSR count). The van der Waals surface area contributed by atoms with Crippen LogP contribution in [0.5, 0.6) is 0 Å². The lowest BCUT2D eigenvalue weighted by Gasteiger charge is -2.25. The van der Waals surface area contributed by atoms with Gasteiger partial charge in [0.05, 0.1) is 0 Å². The molecule has 55 heavy (non-hydrogen) atoms. The van der Waals surface area contributed by atoms with E-state index in [1.165, 1.54) is 34.6 Å². The van der Waals surface area contributed by atoms with E-state index >= 15 is 0 Å². The van der Waals surface area contributed by atoms with Gasteiger partial charge in [0, 0.05) is 19.9 Å². The Kier molecular flexibility index (Phi) is 21.0. The molecule has 0 radical (unpaired) electrons. The Morgan fingerprint density at radius 1 is 0.582 bits per heavy atom. The van der Waals surface area contributed by atoms with Crippen molar-refractivity contribution in [1.82, 2.24) is 42.5 Å². The lowest BCUT2D eigenvalue weighted by atomic mass is 10.0. The summed E-state index contributed by atoms with van der Waals surface area (Å²) >= 11 is 0. The Morgan fingerprint density at radius 3 is 1.53 bits per heavy atom. The van der Waals surface area contributed by atoms with Crippen LogP contribution in [0.2, 0.25) is 0 Å². The van der Waals surface area contributed by atoms with Crippen LogP contribution in [-0.4, -0.2) is 114 Å². The zero-order valence-corrected chi connectivity index (χ0v) is 31.9. The molecule has 0 aliphatic heterocycles. The van der Waals surface area contributed by atoms with Gasteiger partial charge in [-0.2, -0.15) is 0 Å². The van der Waals surface area contributed by atoms with Crippen molar-refractivity contribution >= 4 is 53.4 Å². The molecule has 0 saturated carbocycles. The number of primary amides is 1. The zero-order chi connectivity index (χ0) is 41.7. The van der Waals surface area contributed by atoms with Crippen LogP contribution in [-0.2, 0) is 44.8 Å². The van der Waals surface area contributed by atoms with Gasteiger partial charge < -0.3 is 59.1 Å². The maximum Gasteiger partial charge on any atom is 0.325 e. The molecule has 0 fully saturated rings. The predicted molar refractivity (Wildman–Crippen MR) is 199 cm³/mol. The molecule has 1 aromatic rings. The average Bonchev–Trinajstić information content (AvgIpc) is 3.11. The van der Waals surface area contributed by atoms with Crippen molar-refractivity contribution in [1.29, 1.82) is 0 Å². The lowest BCUT2D eigenvalue weighted by molar-refractivity contribution is -0.141. The molecular weight excluding hydrogens is 720 g/mol. The molecule has 13 N–H and O–H groups in total. The first kappa shape index (κ1) is 47.2. The van der Waals surface area contributed by atoms with Crippen molar-refractivity contribution in [2.45, 2.75) is 115 Å². The monoisotopic (exact) mass is 776 g/mol. The van der Waals surface area contributed by atoms with Crippen molar-refractivity contribution in [3.63, 3.8) is 0 Å². The fraction of sp³-hybridized carbons (Fsp3) is 0.571. The summed E-state index contributed by atoms with van der Waals surface area (Å²) in [5.41, 5.74) is 11.3. The highest BCUT2D eigenvalue weighted by atomic mass is 16.4. The Balaban J connectivity index is 3.00. The van der Waals surface area contributed by atoms with E-state index < -0.39 is 95.6 Å². The first-order valence-corrected chi connectivity index (χ1v) is 18.0. The summed E-state index contributed by atoms with van der Waals surface area (Å²) < 4.78 is 0. The Morgan fingerprint density at radius 2 is 1.02 bits per heavy atom. The van der Waals surface area contributed by atoms with Crippen LogP contribution < -0.4 is 54.0 Å². The van der Waals surface area contributed by atoms with Gasteiger partial charge in [-0.3, -0.25) is 38.4 Å². The number of amides is 9. The average molecular weight is 777 g/mol. The van der Waals surface area contributed by atoms with Crippen LogP contribution in [0.25, 0.3) is 0 Å². The smallest absolute Gasteiger partial charge is 0.325 e. The molecule has 0 unspecified atom stereocenters. The van der Waals surface area contributed by atoms with Crippen molar-refractivity contribution in [3.05, 3.63) is 35.9 Å². The molecule has 1 aromatic carbocycles. The van der Waals surface area contributed by atoms with Crippen LogP contribution >= 0.6 is 0 Å². The standard InChI is InChI=1S/C35H56N10O10/c1-19(28(47)39-21(3)30(49)44-26(14-9-10-16-36)31(50)40-20(2)29(48)42-22(4)34(53)54)41-33(52)27(18-24-12-7-6-8-13-24)45-32(51)25(43-23(5)46)15-11-17-38-35(37)55/h6-8,12-13,19-22,25-27H,9-11,14-18,36H2,1-5H3,(H,39,47)(H,40,50)(H,41,52)(H,42,48)(H,43,46)(H,44,49)(H,45,51)(H,53,54)(H3,37,38,55)/t19-,20-,21-,22-,25-,26-,27-/m0/s1. The quantitative estimate of drug-likeness (QED) is 0.0483. The number of nitrogens with two attached hydrogens (primary N) is 2. The summed E-state index contributed by atoms with van der Waals surface area (Å²) in [6, 6.07) is -0.143. The number of aliphatic carboxylic acids is 1. The Labute approximate surface area is 319 Å². The minimum Gasteiger partial charge on any atom is -0.480 e. The third-order valence-corrected chi connectivity index (χ3v) is 8.14. The highest BCUT2D eigenvalue weighted by molar-refractivity contribution is 5.97. The second-order valence-electron chi connectivity index (χ2n) is 13.0. The molecule has 0 saturated heterocycles. The maximum absolute atomic E-state index is 13.5. The summed E-state index contributed by atoms with van der Waals surface area (Å²) in [5, 5.41) is 28.9. The van der Waals surface area contributed by atoms with E-state index in [9.17, 15) is 43.2 Å². The third kappa shape index (κ3) is 18.7. The highest BCUT2D eigenvalue weighted by Gasteiger charge is 2.31. The Bertz CT molecular complexity index is 1500. The first-order chi connectivity index (χ1) is 25.9. The molecule has 9 amide bonds. The van der Waals surface area contributed by atoms with E-state index in [0.29, 0.717) is 24.9 Å². The molecule has 20 heteroatoms. The van der Waals surface area contributed by atoms with Gasteiger partial charge in [0.2, 0.25) is 41.4 Å². The molecule has 0 bridgehead atoms. The van der Waals surface area contributed by atoms with E-state index in [0.717, 1.165) is 0 Å². The number of rotatable bonds is 24. The number of carboxylic acids is 1. The highest BCUT2D eigenvalue weighted by Crippen LogP contribution is 2.07. The molecule has 7 atom stereocenters. The number of carboxylic acid groups (broad SMARTS) is 1. The predicted octanol–water partition coefficient (Wildman–Crippen LogP) is -2.62. The number of nitrogens with one attached hydrogen (secondary N) is 8. The topological polar surface area (TPSA) is 322 Å². The van der Waals surface area contributed by atoms with Gasteiger partial charge in [0.25, 0.3) is 0 Å². The molecule has 0 aliphatic rings. The molecule has 0 heterocycles. The normalized spacial score (nSPS) is 14.5. The molecule has 0 aromatic heterocycles. The van der Waals surface area contributed by atoms with Gasteiger partial charge in [-0.25, -0.2) is 4.79 Å². The second-order valence-corrected chi connectivity index (χ2v) is 13.0. The SMILES string of the molecule is CC(=O)N[C@@H](CCCNC(N)=O)C(=O)N[C@@H](Cc1ccccc1)C(=O)N[C@@H](C)C(=O)N[C@@H](C)C(=O)N[C@@H](CCCCN)C(=O)N[C@@H](C)C(=O)N[C@@H](C)C(=O)O. The van der Waals surface area contributed by atoms with Gasteiger partial charge in [-0.1, -0.05) is 30.3 Å². The maximum atomic E-state index is 13.5. The third-order valence-electron chi connectivity index (χ3n) is 8.14. The number of benzene rings is 1. The van der Waals surface area contributed by atoms with Crippen molar-refractivity contribution < 1.29 is 48.3 Å². The Hall–Kier alpha value is -5.79. The van der Waals surface area contributed by atoms with Gasteiger partial charge in [0.15, 0.2) is 0 Å². The molecular formula is C35H56N10O10. The van der Waals surface area contributed by atoms with Gasteiger partial charge >= 0.3 is 12.0 Å². The zero-order valence-electron chi connectivity index (χ0n) is 31.9. The largest absolute Gasteiger partial charge is 0.480 e. The molecule has 0 spiro atoms. The molecule has 306 valence electrons. The fourth-order valence-corrected chi connectivity index (χ4v) is 4.98. The van der Waals surface area contributed by atoms with Crippen LogP contribution in [0.4, 0.5) is 4.79 Å². The number of urea groups is 1. The number of carbonyl (C=O) groups excluding carboxylic acids is 8. The summed E-state index contributed by atoms with van der Waals surface area (Å²) in [6.45, 7) is 7.03. The lowest BCUT2D eigenvalue weighted by Crippen LogP contribution is -2.59. The molecule has 20 nitrogen and oxygen atoms in total. The van der Waals surface area contributed by atoms with E-state index in [1.54, 1.807) is 30.3 Å². The minimum atomic E-state index is -1.26. The summed E-state index contributed by atoms with van der Waals surface area (Å²) in [7, 11) is 0. The number of unbranched alkanes of at least 4 members (excludes halogenated alkanes) is 1. The van der Waals surface area contributed by atoms with Gasteiger partial charge in [-0.05, 0) is 71.9 Å². The van der Waals surface area contributed by atoms with Crippen LogP contribution in [0.1, 0.15) is 72.3 Å². The summed E-state index contributed by atoms with van der Waals surface area (Å²) in [6.07, 6.45) is 1.53. The second kappa shape index (κ2) is 24.5. The number of carbonyl (C=O) groups is 9. The molecule has 0 aliphatic carbocycles. The van der Waals surface area contributed by atoms with Gasteiger partial charge in [-0.15, -0.1) is 0 Å². The van der Waals surface area contributed by atoms with E-state index in [1.807, 2.05) is 0 Å². The van der Waals surface area contributed by atoms with Crippen LogP contribution in [0, 0.1) is 0 Å². The fourth-order valence-electron chi connectivity index (χ4n) is 4.98. The van der Waals surface area contributed by atoms with E-state index in [-0.39, 0.29) is 32.2 Å². The summed E-state index contributed by atoms with van der Waals surface area (Å²) in [4.78, 5) is 113. The van der Waals surface area contributed by atoms with Crippen LogP contribution in [0.3, 0.4) is 0 Å². The number of hydrogen-bond acceptors (Lipinski definition) is 10. The van der Waals surface area contributed by atoms with Crippen LogP contribution in [0.15, 0.2) is 30.3 Å². The van der Waals surface area contributed by atoms with E-state index in [2.05, 4.69) is 42.5 Å². The van der Waals surface area contributed by atoms with Crippen molar-refractivity contribution in [2.75, 3.05) is 13.1 Å². The first-order valence-electron chi connectivity index (χ1n) is 18.0. The minimum absolute atomic E-state index is 0.0219. The summed E-state index contributed by atoms with van der Waals surface area (Å²) in [5.74, 6) is -6.16. The van der Waals surface area contributed by atoms with Crippen molar-refractivity contribution in [2.24, 2.45) is 11.5 Å². The number of hydrogen-bond donors (Lipinski definition) is 11. The van der Waals surface area contributed by atoms with E-state index in [4.69, 9.17) is 16.6 Å². The van der Waals surface area contributed by atoms with Gasteiger partial charge in [0.1, 0.15) is 42.3 Å².